The molecule has 1 unspecified atom stereocenters. The third kappa shape index (κ3) is 6.82. The van der Waals surface area contributed by atoms with Gasteiger partial charge in [0.15, 0.2) is 0 Å². The molecular formula is C24H33N3O4S. The van der Waals surface area contributed by atoms with E-state index in [9.17, 15) is 18.0 Å². The first-order valence-electron chi connectivity index (χ1n) is 10.7. The van der Waals surface area contributed by atoms with Crippen molar-refractivity contribution in [1.29, 1.82) is 0 Å². The number of anilines is 1. The summed E-state index contributed by atoms with van der Waals surface area (Å²) in [5.74, 6) is -0.715. The van der Waals surface area contributed by atoms with E-state index in [2.05, 4.69) is 5.32 Å². The van der Waals surface area contributed by atoms with E-state index in [0.717, 1.165) is 33.7 Å². The fraction of sp³-hybridized carbons (Fsp3) is 0.417. The normalized spacial score (nSPS) is 12.2. The van der Waals surface area contributed by atoms with Gasteiger partial charge in [-0.2, -0.15) is 0 Å². The van der Waals surface area contributed by atoms with Crippen LogP contribution in [-0.4, -0.2) is 50.5 Å². The molecule has 0 heterocycles. The molecule has 8 heteroatoms. The number of nitrogens with zero attached hydrogens (tertiary/aromatic N) is 2. The predicted molar refractivity (Wildman–Crippen MR) is 128 cm³/mol. The Hall–Kier alpha value is -2.87. The number of aryl methyl sites for hydroxylation is 2. The van der Waals surface area contributed by atoms with Gasteiger partial charge >= 0.3 is 0 Å². The summed E-state index contributed by atoms with van der Waals surface area (Å²) in [7, 11) is -3.72. The van der Waals surface area contributed by atoms with Gasteiger partial charge in [-0.25, -0.2) is 8.42 Å². The molecule has 0 aliphatic rings. The van der Waals surface area contributed by atoms with Gasteiger partial charge in [0.25, 0.3) is 0 Å². The van der Waals surface area contributed by atoms with Crippen molar-refractivity contribution in [1.82, 2.24) is 10.2 Å². The first-order chi connectivity index (χ1) is 15.0. The van der Waals surface area contributed by atoms with Crippen molar-refractivity contribution in [3.8, 4) is 0 Å². The van der Waals surface area contributed by atoms with E-state index in [-0.39, 0.29) is 19.0 Å². The molecule has 0 spiro atoms. The number of sulfonamides is 1. The summed E-state index contributed by atoms with van der Waals surface area (Å²) in [6, 6.07) is 13.9. The lowest BCUT2D eigenvalue weighted by molar-refractivity contribution is -0.139. The number of benzene rings is 2. The van der Waals surface area contributed by atoms with E-state index < -0.39 is 22.0 Å². The average Bonchev–Trinajstić information content (AvgIpc) is 2.74. The number of hydrogen-bond donors (Lipinski definition) is 1. The fourth-order valence-corrected chi connectivity index (χ4v) is 4.21. The van der Waals surface area contributed by atoms with E-state index in [1.807, 2.05) is 44.2 Å². The molecule has 0 saturated heterocycles. The lowest BCUT2D eigenvalue weighted by Gasteiger charge is -2.32. The molecule has 0 aliphatic heterocycles. The average molecular weight is 460 g/mol. The molecule has 32 heavy (non-hydrogen) atoms. The van der Waals surface area contributed by atoms with Crippen LogP contribution in [0.15, 0.2) is 48.5 Å². The van der Waals surface area contributed by atoms with Gasteiger partial charge in [-0.05, 0) is 44.4 Å². The Kier molecular flexibility index (Phi) is 8.83. The second-order valence-corrected chi connectivity index (χ2v) is 9.94. The smallest absolute Gasteiger partial charge is 0.244 e. The SMILES string of the molecule is CCCNC(=O)C(C)N(Cc1ccc(C)cc1)C(=O)CN(c1ccccc1C)S(C)(=O)=O. The van der Waals surface area contributed by atoms with E-state index >= 15 is 0 Å². The van der Waals surface area contributed by atoms with Gasteiger partial charge in [-0.3, -0.25) is 13.9 Å². The molecule has 2 rings (SSSR count). The van der Waals surface area contributed by atoms with Crippen molar-refractivity contribution in [2.45, 2.75) is 46.7 Å². The summed E-state index contributed by atoms with van der Waals surface area (Å²) >= 11 is 0. The molecule has 7 nitrogen and oxygen atoms in total. The number of para-hydroxylation sites is 1. The van der Waals surface area contributed by atoms with Crippen LogP contribution in [0.4, 0.5) is 5.69 Å². The summed E-state index contributed by atoms with van der Waals surface area (Å²) < 4.78 is 26.2. The first-order valence-corrected chi connectivity index (χ1v) is 12.6. The molecule has 0 radical (unpaired) electrons. The lowest BCUT2D eigenvalue weighted by atomic mass is 10.1. The van der Waals surface area contributed by atoms with Crippen LogP contribution in [0.1, 0.15) is 37.0 Å². The zero-order valence-corrected chi connectivity index (χ0v) is 20.3. The second-order valence-electron chi connectivity index (χ2n) is 8.03. The Bertz CT molecular complexity index is 1040. The highest BCUT2D eigenvalue weighted by Gasteiger charge is 2.30. The highest BCUT2D eigenvalue weighted by atomic mass is 32.2. The maximum absolute atomic E-state index is 13.4. The second kappa shape index (κ2) is 11.1. The van der Waals surface area contributed by atoms with Crippen molar-refractivity contribution < 1.29 is 18.0 Å². The Labute approximate surface area is 191 Å². The Morgan fingerprint density at radius 3 is 2.22 bits per heavy atom. The number of rotatable bonds is 10. The van der Waals surface area contributed by atoms with Crippen LogP contribution >= 0.6 is 0 Å². The van der Waals surface area contributed by atoms with Crippen molar-refractivity contribution in [2.24, 2.45) is 0 Å². The van der Waals surface area contributed by atoms with Gasteiger partial charge < -0.3 is 10.2 Å². The molecule has 2 aromatic carbocycles. The van der Waals surface area contributed by atoms with Crippen LogP contribution in [0.5, 0.6) is 0 Å². The van der Waals surface area contributed by atoms with Crippen molar-refractivity contribution in [2.75, 3.05) is 23.7 Å². The monoisotopic (exact) mass is 459 g/mol. The maximum Gasteiger partial charge on any atom is 0.244 e. The van der Waals surface area contributed by atoms with Crippen molar-refractivity contribution >= 4 is 27.5 Å². The Balaban J connectivity index is 2.37. The largest absolute Gasteiger partial charge is 0.354 e. The van der Waals surface area contributed by atoms with Crippen LogP contribution in [0.3, 0.4) is 0 Å². The van der Waals surface area contributed by atoms with Crippen LogP contribution < -0.4 is 9.62 Å². The van der Waals surface area contributed by atoms with Gasteiger partial charge in [-0.15, -0.1) is 0 Å². The minimum atomic E-state index is -3.72. The van der Waals surface area contributed by atoms with Crippen LogP contribution in [0.2, 0.25) is 0 Å². The van der Waals surface area contributed by atoms with Crippen LogP contribution in [0.25, 0.3) is 0 Å². The highest BCUT2D eigenvalue weighted by molar-refractivity contribution is 7.92. The number of amides is 2. The molecule has 1 N–H and O–H groups in total. The molecule has 0 saturated carbocycles. The number of carbonyl (C=O) groups is 2. The van der Waals surface area contributed by atoms with E-state index in [4.69, 9.17) is 0 Å². The Morgan fingerprint density at radius 2 is 1.66 bits per heavy atom. The Morgan fingerprint density at radius 1 is 1.03 bits per heavy atom. The van der Waals surface area contributed by atoms with Crippen molar-refractivity contribution in [3.63, 3.8) is 0 Å². The third-order valence-electron chi connectivity index (χ3n) is 5.25. The van der Waals surface area contributed by atoms with Gasteiger partial charge in [0.2, 0.25) is 21.8 Å². The standard InChI is InChI=1S/C24H33N3O4S/c1-6-15-25-24(29)20(4)26(16-21-13-11-18(2)12-14-21)23(28)17-27(32(5,30)31)22-10-8-7-9-19(22)3/h7-14,20H,6,15-17H2,1-5H3,(H,25,29). The summed E-state index contributed by atoms with van der Waals surface area (Å²) in [4.78, 5) is 27.5. The number of carbonyl (C=O) groups excluding carboxylic acids is 2. The van der Waals surface area contributed by atoms with Crippen LogP contribution in [0, 0.1) is 13.8 Å². The minimum Gasteiger partial charge on any atom is -0.354 e. The quantitative estimate of drug-likeness (QED) is 0.592. The zero-order valence-electron chi connectivity index (χ0n) is 19.5. The summed E-state index contributed by atoms with van der Waals surface area (Å²) in [5.41, 5.74) is 3.13. The lowest BCUT2D eigenvalue weighted by Crippen LogP contribution is -2.51. The van der Waals surface area contributed by atoms with E-state index in [1.54, 1.807) is 32.0 Å². The summed E-state index contributed by atoms with van der Waals surface area (Å²) in [5, 5.41) is 2.82. The topological polar surface area (TPSA) is 86.8 Å². The summed E-state index contributed by atoms with van der Waals surface area (Å²) in [6.07, 6.45) is 1.86. The number of hydrogen-bond acceptors (Lipinski definition) is 4. The van der Waals surface area contributed by atoms with Gasteiger partial charge in [0.1, 0.15) is 12.6 Å². The van der Waals surface area contributed by atoms with Gasteiger partial charge in [0, 0.05) is 13.1 Å². The van der Waals surface area contributed by atoms with Gasteiger partial charge in [0.05, 0.1) is 11.9 Å². The predicted octanol–water partition coefficient (Wildman–Crippen LogP) is 3.01. The molecule has 0 fully saturated rings. The molecule has 0 aliphatic carbocycles. The van der Waals surface area contributed by atoms with Gasteiger partial charge in [-0.1, -0.05) is 55.0 Å². The van der Waals surface area contributed by atoms with Crippen LogP contribution in [-0.2, 0) is 26.2 Å². The first kappa shape index (κ1) is 25.4. The maximum atomic E-state index is 13.4. The van der Waals surface area contributed by atoms with E-state index in [0.29, 0.717) is 12.2 Å². The molecule has 174 valence electrons. The zero-order chi connectivity index (χ0) is 23.9. The number of nitrogens with one attached hydrogen (secondary N) is 1. The molecule has 2 amide bonds. The molecule has 1 atom stereocenters. The molecular weight excluding hydrogens is 426 g/mol. The molecule has 2 aromatic rings. The molecule has 0 aromatic heterocycles. The van der Waals surface area contributed by atoms with Crippen molar-refractivity contribution in [3.05, 3.63) is 65.2 Å². The minimum absolute atomic E-state index is 0.200. The van der Waals surface area contributed by atoms with E-state index in [1.165, 1.54) is 4.90 Å². The highest BCUT2D eigenvalue weighted by Crippen LogP contribution is 2.23. The molecule has 0 bridgehead atoms. The fourth-order valence-electron chi connectivity index (χ4n) is 3.31. The summed E-state index contributed by atoms with van der Waals surface area (Å²) in [6.45, 7) is 7.70. The third-order valence-corrected chi connectivity index (χ3v) is 6.38.